The van der Waals surface area contributed by atoms with E-state index in [1.165, 1.54) is 25.3 Å². The second-order valence-corrected chi connectivity index (χ2v) is 12.6. The molecule has 0 aliphatic carbocycles. The average Bonchev–Trinajstić information content (AvgIpc) is 3.30. The number of fused-ring (bicyclic) bond motifs is 1. The molecule has 0 fully saturated rings. The fourth-order valence-corrected chi connectivity index (χ4v) is 6.46. The molecular formula is C33H36F3N3O5S. The number of nitrogens with one attached hydrogen (secondary N) is 2. The van der Waals surface area contributed by atoms with Crippen LogP contribution in [0, 0.1) is 12.8 Å². The van der Waals surface area contributed by atoms with E-state index < -0.39 is 40.5 Å². The van der Waals surface area contributed by atoms with Gasteiger partial charge < -0.3 is 14.6 Å². The summed E-state index contributed by atoms with van der Waals surface area (Å²) in [6.45, 7) is 2.96. The van der Waals surface area contributed by atoms with Crippen LogP contribution in [0.1, 0.15) is 63.6 Å². The van der Waals surface area contributed by atoms with E-state index in [2.05, 4.69) is 10.0 Å². The van der Waals surface area contributed by atoms with Crippen LogP contribution in [0.3, 0.4) is 0 Å². The number of carbonyl (C=O) groups excluding carboxylic acids is 2. The predicted molar refractivity (Wildman–Crippen MR) is 166 cm³/mol. The Morgan fingerprint density at radius 1 is 0.978 bits per heavy atom. The van der Waals surface area contributed by atoms with Gasteiger partial charge in [-0.15, -0.1) is 0 Å². The van der Waals surface area contributed by atoms with Gasteiger partial charge in [0, 0.05) is 48.2 Å². The molecule has 1 heterocycles. The van der Waals surface area contributed by atoms with Gasteiger partial charge in [0.2, 0.25) is 0 Å². The smallest absolute Gasteiger partial charge is 0.393 e. The van der Waals surface area contributed by atoms with E-state index in [9.17, 15) is 31.2 Å². The monoisotopic (exact) mass is 643 g/mol. The van der Waals surface area contributed by atoms with Crippen LogP contribution in [0.5, 0.6) is 5.75 Å². The van der Waals surface area contributed by atoms with Gasteiger partial charge in [0.25, 0.3) is 21.8 Å². The van der Waals surface area contributed by atoms with Gasteiger partial charge in [-0.05, 0) is 66.4 Å². The first-order valence-corrected chi connectivity index (χ1v) is 16.0. The first-order valence-electron chi connectivity index (χ1n) is 14.5. The number of carbonyl (C=O) groups is 2. The van der Waals surface area contributed by atoms with E-state index in [1.807, 2.05) is 24.7 Å². The Hall–Kier alpha value is -4.32. The molecule has 4 aromatic rings. The summed E-state index contributed by atoms with van der Waals surface area (Å²) in [5, 5.41) is 3.19. The van der Waals surface area contributed by atoms with Crippen molar-refractivity contribution in [2.45, 2.75) is 50.6 Å². The third kappa shape index (κ3) is 7.86. The molecule has 8 nitrogen and oxygen atoms in total. The van der Waals surface area contributed by atoms with Crippen molar-refractivity contribution in [3.63, 3.8) is 0 Å². The molecule has 45 heavy (non-hydrogen) atoms. The number of alkyl halides is 3. The molecule has 0 saturated carbocycles. The molecule has 0 aliphatic rings. The van der Waals surface area contributed by atoms with E-state index in [-0.39, 0.29) is 22.4 Å². The van der Waals surface area contributed by atoms with E-state index in [4.69, 9.17) is 4.74 Å². The van der Waals surface area contributed by atoms with Gasteiger partial charge in [0.15, 0.2) is 0 Å². The molecule has 1 atom stereocenters. The number of benzene rings is 3. The molecule has 0 unspecified atom stereocenters. The van der Waals surface area contributed by atoms with Gasteiger partial charge in [-0.2, -0.15) is 13.2 Å². The highest BCUT2D eigenvalue weighted by Crippen LogP contribution is 2.31. The molecule has 3 aromatic carbocycles. The van der Waals surface area contributed by atoms with Crippen molar-refractivity contribution < 1.29 is 35.9 Å². The standard InChI is InChI=1S/C33H36F3N3O5S/c1-5-6-10-26(33(34,35)36)19-37-31(40)23-14-15-28-27(17-23)25(20-39(28)3)16-22-12-13-24(18-29(22)44-4)32(41)38-45(42,43)30-11-8-7-9-21(30)2/h7-9,11-15,17-18,20,26H,5-6,10,16,19H2,1-4H3,(H,37,40)(H,38,41)/t26-/m0/s1. The van der Waals surface area contributed by atoms with Crippen molar-refractivity contribution in [2.75, 3.05) is 13.7 Å². The van der Waals surface area contributed by atoms with Gasteiger partial charge >= 0.3 is 6.18 Å². The minimum absolute atomic E-state index is 0.00241. The third-order valence-electron chi connectivity index (χ3n) is 7.75. The summed E-state index contributed by atoms with van der Waals surface area (Å²) < 4.78 is 75.5. The highest BCUT2D eigenvalue weighted by molar-refractivity contribution is 7.90. The summed E-state index contributed by atoms with van der Waals surface area (Å²) in [7, 11) is -0.826. The van der Waals surface area contributed by atoms with Gasteiger partial charge in [-0.3, -0.25) is 9.59 Å². The summed E-state index contributed by atoms with van der Waals surface area (Å²) in [5.74, 6) is -2.66. The minimum Gasteiger partial charge on any atom is -0.496 e. The van der Waals surface area contributed by atoms with Crippen LogP contribution in [0.2, 0.25) is 0 Å². The summed E-state index contributed by atoms with van der Waals surface area (Å²) >= 11 is 0. The maximum atomic E-state index is 13.4. The fraction of sp³-hybridized carbons (Fsp3) is 0.333. The first kappa shape index (κ1) is 33.6. The van der Waals surface area contributed by atoms with Gasteiger partial charge in [-0.25, -0.2) is 13.1 Å². The Bertz CT molecular complexity index is 1820. The number of aromatic nitrogens is 1. The molecule has 0 bridgehead atoms. The van der Waals surface area contributed by atoms with Crippen molar-refractivity contribution in [1.29, 1.82) is 0 Å². The van der Waals surface area contributed by atoms with Crippen molar-refractivity contribution >= 4 is 32.7 Å². The molecule has 1 aromatic heterocycles. The number of ether oxygens (including phenoxy) is 1. The minimum atomic E-state index is -4.40. The lowest BCUT2D eigenvalue weighted by atomic mass is 10.00. The first-order chi connectivity index (χ1) is 21.2. The van der Waals surface area contributed by atoms with Crippen molar-refractivity contribution in [3.05, 3.63) is 94.7 Å². The van der Waals surface area contributed by atoms with E-state index in [0.29, 0.717) is 36.1 Å². The van der Waals surface area contributed by atoms with Crippen molar-refractivity contribution in [2.24, 2.45) is 13.0 Å². The second-order valence-electron chi connectivity index (χ2n) is 11.0. The SMILES string of the molecule is CCCC[C@@H](CNC(=O)c1ccc2c(c1)c(Cc1ccc(C(=O)NS(=O)(=O)c3ccccc3C)cc1OC)cn2C)C(F)(F)F. The van der Waals surface area contributed by atoms with Crippen molar-refractivity contribution in [1.82, 2.24) is 14.6 Å². The molecule has 0 spiro atoms. The van der Waals surface area contributed by atoms with Crippen LogP contribution >= 0.6 is 0 Å². The van der Waals surface area contributed by atoms with Crippen LogP contribution in [0.25, 0.3) is 10.9 Å². The molecule has 0 aliphatic heterocycles. The number of amides is 2. The molecule has 2 N–H and O–H groups in total. The second kappa shape index (κ2) is 13.8. The zero-order valence-electron chi connectivity index (χ0n) is 25.5. The number of sulfonamides is 1. The summed E-state index contributed by atoms with van der Waals surface area (Å²) in [6.07, 6.45) is -1.18. The lowest BCUT2D eigenvalue weighted by molar-refractivity contribution is -0.174. The van der Waals surface area contributed by atoms with E-state index in [0.717, 1.165) is 16.5 Å². The highest BCUT2D eigenvalue weighted by Gasteiger charge is 2.39. The zero-order valence-corrected chi connectivity index (χ0v) is 26.3. The third-order valence-corrected chi connectivity index (χ3v) is 9.24. The predicted octanol–water partition coefficient (Wildman–Crippen LogP) is 6.30. The lowest BCUT2D eigenvalue weighted by Crippen LogP contribution is -2.36. The van der Waals surface area contributed by atoms with E-state index in [1.54, 1.807) is 49.4 Å². The largest absolute Gasteiger partial charge is 0.496 e. The molecule has 2 amide bonds. The molecule has 0 radical (unpaired) electrons. The molecular weight excluding hydrogens is 607 g/mol. The number of unbranched alkanes of at least 4 members (excludes halogenated alkanes) is 1. The molecule has 240 valence electrons. The maximum Gasteiger partial charge on any atom is 0.393 e. The summed E-state index contributed by atoms with van der Waals surface area (Å²) in [4.78, 5) is 25.8. The average molecular weight is 644 g/mol. The maximum absolute atomic E-state index is 13.4. The number of halogens is 3. The molecule has 0 saturated heterocycles. The molecule has 4 rings (SSSR count). The Kier molecular flexibility index (Phi) is 10.3. The van der Waals surface area contributed by atoms with Crippen LogP contribution in [-0.4, -0.2) is 44.6 Å². The van der Waals surface area contributed by atoms with Gasteiger partial charge in [0.1, 0.15) is 5.75 Å². The van der Waals surface area contributed by atoms with Crippen LogP contribution in [-0.2, 0) is 23.5 Å². The number of nitrogens with zero attached hydrogens (tertiary/aromatic N) is 1. The quantitative estimate of drug-likeness (QED) is 0.188. The lowest BCUT2D eigenvalue weighted by Gasteiger charge is -2.20. The number of hydrogen-bond donors (Lipinski definition) is 2. The van der Waals surface area contributed by atoms with Crippen LogP contribution in [0.15, 0.2) is 71.8 Å². The number of hydrogen-bond acceptors (Lipinski definition) is 5. The Morgan fingerprint density at radius 2 is 1.67 bits per heavy atom. The number of methoxy groups -OCH3 is 1. The van der Waals surface area contributed by atoms with E-state index >= 15 is 0 Å². The number of aryl methyl sites for hydroxylation is 2. The highest BCUT2D eigenvalue weighted by atomic mass is 32.2. The Balaban J connectivity index is 1.55. The van der Waals surface area contributed by atoms with Gasteiger partial charge in [0.05, 0.1) is 17.9 Å². The molecule has 12 heteroatoms. The van der Waals surface area contributed by atoms with Crippen LogP contribution in [0.4, 0.5) is 13.2 Å². The fourth-order valence-electron chi connectivity index (χ4n) is 5.24. The topological polar surface area (TPSA) is 106 Å². The number of rotatable bonds is 12. The van der Waals surface area contributed by atoms with Gasteiger partial charge in [-0.1, -0.05) is 44.0 Å². The summed E-state index contributed by atoms with van der Waals surface area (Å²) in [6, 6.07) is 15.9. The summed E-state index contributed by atoms with van der Waals surface area (Å²) in [5.41, 5.74) is 3.15. The zero-order chi connectivity index (χ0) is 32.9. The van der Waals surface area contributed by atoms with Crippen molar-refractivity contribution in [3.8, 4) is 5.75 Å². The Morgan fingerprint density at radius 3 is 2.33 bits per heavy atom. The Labute approximate surface area is 260 Å². The normalized spacial score (nSPS) is 12.6. The van der Waals surface area contributed by atoms with Crippen LogP contribution < -0.4 is 14.8 Å².